The summed E-state index contributed by atoms with van der Waals surface area (Å²) in [5.74, 6) is 5.36. The lowest BCUT2D eigenvalue weighted by atomic mass is 10.1. The van der Waals surface area contributed by atoms with Gasteiger partial charge >= 0.3 is 0 Å². The van der Waals surface area contributed by atoms with Gasteiger partial charge in [-0.25, -0.2) is 0 Å². The largest absolute Gasteiger partial charge is 0.393 e. The minimum absolute atomic E-state index is 0.115. The number of aryl methyl sites for hydroxylation is 1. The van der Waals surface area contributed by atoms with Crippen molar-refractivity contribution >= 4 is 11.4 Å². The highest BCUT2D eigenvalue weighted by molar-refractivity contribution is 5.66. The molecule has 1 aromatic rings. The molecule has 78 valence electrons. The molecular formula is C10H11N3O2. The fraction of sp³-hybridized carbons (Fsp3) is 0.200. The van der Waals surface area contributed by atoms with Gasteiger partial charge in [0.1, 0.15) is 5.69 Å². The molecule has 5 nitrogen and oxygen atoms in total. The van der Waals surface area contributed by atoms with Crippen LogP contribution < -0.4 is 11.5 Å². The summed E-state index contributed by atoms with van der Waals surface area (Å²) < 4.78 is 0. The lowest BCUT2D eigenvalue weighted by Gasteiger charge is -2.01. The zero-order valence-corrected chi connectivity index (χ0v) is 8.28. The Hall–Kier alpha value is -2.06. The third-order valence-corrected chi connectivity index (χ3v) is 1.90. The van der Waals surface area contributed by atoms with Crippen molar-refractivity contribution in [1.29, 1.82) is 0 Å². The Morgan fingerprint density at radius 3 is 2.73 bits per heavy atom. The first-order chi connectivity index (χ1) is 7.06. The Balaban J connectivity index is 3.29. The highest BCUT2D eigenvalue weighted by atomic mass is 16.6. The molecule has 0 spiro atoms. The van der Waals surface area contributed by atoms with Crippen LogP contribution in [0.5, 0.6) is 0 Å². The normalized spacial score (nSPS) is 9.20. The Kier molecular flexibility index (Phi) is 3.26. The average molecular weight is 205 g/mol. The monoisotopic (exact) mass is 205 g/mol. The van der Waals surface area contributed by atoms with Gasteiger partial charge in [-0.15, -0.1) is 0 Å². The average Bonchev–Trinajstić information content (AvgIpc) is 2.19. The van der Waals surface area contributed by atoms with E-state index in [0.717, 1.165) is 0 Å². The zero-order valence-electron chi connectivity index (χ0n) is 8.28. The van der Waals surface area contributed by atoms with E-state index >= 15 is 0 Å². The van der Waals surface area contributed by atoms with E-state index in [9.17, 15) is 10.1 Å². The van der Waals surface area contributed by atoms with Crippen LogP contribution in [-0.4, -0.2) is 11.5 Å². The maximum absolute atomic E-state index is 10.7. The first kappa shape index (κ1) is 11.0. The van der Waals surface area contributed by atoms with Crippen LogP contribution in [0, 0.1) is 28.9 Å². The summed E-state index contributed by atoms with van der Waals surface area (Å²) in [6.45, 7) is 1.92. The topological polar surface area (TPSA) is 95.2 Å². The molecule has 0 aliphatic heterocycles. The number of nitrogens with zero attached hydrogens (tertiary/aromatic N) is 1. The SMILES string of the molecule is Cc1cc(C#CCN)cc([N+](=O)[O-])c1N. The van der Waals surface area contributed by atoms with Crippen molar-refractivity contribution in [2.45, 2.75) is 6.92 Å². The second-order valence-electron chi connectivity index (χ2n) is 2.99. The first-order valence-corrected chi connectivity index (χ1v) is 4.29. The molecule has 0 bridgehead atoms. The predicted octanol–water partition coefficient (Wildman–Crippen LogP) is 0.796. The van der Waals surface area contributed by atoms with E-state index in [2.05, 4.69) is 11.8 Å². The van der Waals surface area contributed by atoms with Crippen molar-refractivity contribution in [2.24, 2.45) is 5.73 Å². The van der Waals surface area contributed by atoms with Crippen molar-refractivity contribution in [2.75, 3.05) is 12.3 Å². The van der Waals surface area contributed by atoms with Crippen LogP contribution in [0.2, 0.25) is 0 Å². The lowest BCUT2D eigenvalue weighted by Crippen LogP contribution is -1.99. The fourth-order valence-corrected chi connectivity index (χ4v) is 1.16. The van der Waals surface area contributed by atoms with Gasteiger partial charge in [-0.1, -0.05) is 11.8 Å². The highest BCUT2D eigenvalue weighted by Crippen LogP contribution is 2.26. The van der Waals surface area contributed by atoms with Gasteiger partial charge in [0, 0.05) is 11.6 Å². The standard InChI is InChI=1S/C10H11N3O2/c1-7-5-8(3-2-4-11)6-9(10(7)12)13(14)15/h5-6H,4,11-12H2,1H3. The van der Waals surface area contributed by atoms with Crippen LogP contribution in [0.3, 0.4) is 0 Å². The molecule has 1 aromatic carbocycles. The van der Waals surface area contributed by atoms with E-state index in [1.54, 1.807) is 13.0 Å². The molecule has 4 N–H and O–H groups in total. The molecule has 0 heterocycles. The molecule has 0 saturated carbocycles. The van der Waals surface area contributed by atoms with E-state index in [1.165, 1.54) is 6.07 Å². The highest BCUT2D eigenvalue weighted by Gasteiger charge is 2.14. The van der Waals surface area contributed by atoms with E-state index in [0.29, 0.717) is 11.1 Å². The Morgan fingerprint density at radius 2 is 2.20 bits per heavy atom. The summed E-state index contributed by atoms with van der Waals surface area (Å²) in [4.78, 5) is 10.1. The van der Waals surface area contributed by atoms with Gasteiger partial charge < -0.3 is 11.5 Å². The minimum Gasteiger partial charge on any atom is -0.393 e. The van der Waals surface area contributed by atoms with Gasteiger partial charge in [0.2, 0.25) is 0 Å². The van der Waals surface area contributed by atoms with Crippen molar-refractivity contribution in [3.05, 3.63) is 33.4 Å². The van der Waals surface area contributed by atoms with E-state index in [1.807, 2.05) is 0 Å². The van der Waals surface area contributed by atoms with Crippen LogP contribution in [0.1, 0.15) is 11.1 Å². The smallest absolute Gasteiger partial charge is 0.293 e. The molecule has 0 aromatic heterocycles. The van der Waals surface area contributed by atoms with Crippen LogP contribution in [0.15, 0.2) is 12.1 Å². The summed E-state index contributed by atoms with van der Waals surface area (Å²) >= 11 is 0. The van der Waals surface area contributed by atoms with Crippen LogP contribution in [0.4, 0.5) is 11.4 Å². The number of nitrogens with two attached hydrogens (primary N) is 2. The number of hydrogen-bond donors (Lipinski definition) is 2. The van der Waals surface area contributed by atoms with Gasteiger partial charge in [0.25, 0.3) is 5.69 Å². The summed E-state index contributed by atoms with van der Waals surface area (Å²) in [6, 6.07) is 3.05. The van der Waals surface area contributed by atoms with Gasteiger partial charge in [0.05, 0.1) is 11.5 Å². The van der Waals surface area contributed by atoms with Gasteiger partial charge in [-0.05, 0) is 18.6 Å². The molecule has 0 saturated heterocycles. The summed E-state index contributed by atoms with van der Waals surface area (Å²) in [5.41, 5.74) is 12.0. The molecule has 15 heavy (non-hydrogen) atoms. The zero-order chi connectivity index (χ0) is 11.4. The predicted molar refractivity (Wildman–Crippen MR) is 58.2 cm³/mol. The maximum atomic E-state index is 10.7. The Bertz CT molecular complexity index is 458. The fourth-order valence-electron chi connectivity index (χ4n) is 1.16. The number of rotatable bonds is 1. The molecule has 5 heteroatoms. The van der Waals surface area contributed by atoms with E-state index in [-0.39, 0.29) is 17.9 Å². The third kappa shape index (κ3) is 2.45. The minimum atomic E-state index is -0.518. The molecule has 0 unspecified atom stereocenters. The molecule has 0 radical (unpaired) electrons. The van der Waals surface area contributed by atoms with E-state index in [4.69, 9.17) is 11.5 Å². The van der Waals surface area contributed by atoms with Gasteiger partial charge in [-0.3, -0.25) is 10.1 Å². The first-order valence-electron chi connectivity index (χ1n) is 4.29. The third-order valence-electron chi connectivity index (χ3n) is 1.90. The summed E-state index contributed by atoms with van der Waals surface area (Å²) in [7, 11) is 0. The number of benzene rings is 1. The molecular weight excluding hydrogens is 194 g/mol. The van der Waals surface area contributed by atoms with Crippen molar-refractivity contribution < 1.29 is 4.92 Å². The second-order valence-corrected chi connectivity index (χ2v) is 2.99. The van der Waals surface area contributed by atoms with Crippen LogP contribution in [0.25, 0.3) is 0 Å². The van der Waals surface area contributed by atoms with Crippen LogP contribution in [-0.2, 0) is 0 Å². The van der Waals surface area contributed by atoms with Gasteiger partial charge in [0.15, 0.2) is 0 Å². The number of hydrogen-bond acceptors (Lipinski definition) is 4. The molecule has 0 aliphatic carbocycles. The van der Waals surface area contributed by atoms with Gasteiger partial charge in [-0.2, -0.15) is 0 Å². The van der Waals surface area contributed by atoms with Crippen molar-refractivity contribution in [3.8, 4) is 11.8 Å². The molecule has 0 aliphatic rings. The van der Waals surface area contributed by atoms with Crippen molar-refractivity contribution in [3.63, 3.8) is 0 Å². The second kappa shape index (κ2) is 4.44. The summed E-state index contributed by atoms with van der Waals surface area (Å²) in [5, 5.41) is 10.7. The van der Waals surface area contributed by atoms with Crippen LogP contribution >= 0.6 is 0 Å². The Labute approximate surface area is 87.2 Å². The number of nitrogen functional groups attached to an aromatic ring is 1. The lowest BCUT2D eigenvalue weighted by molar-refractivity contribution is -0.383. The molecule has 0 fully saturated rings. The van der Waals surface area contributed by atoms with E-state index < -0.39 is 4.92 Å². The molecule has 1 rings (SSSR count). The number of nitro groups is 1. The number of nitro benzene ring substituents is 1. The Morgan fingerprint density at radius 1 is 1.53 bits per heavy atom. The molecule has 0 amide bonds. The molecule has 0 atom stereocenters. The van der Waals surface area contributed by atoms with Crippen molar-refractivity contribution in [1.82, 2.24) is 0 Å². The summed E-state index contributed by atoms with van der Waals surface area (Å²) in [6.07, 6.45) is 0. The quantitative estimate of drug-likeness (QED) is 0.307. The number of anilines is 1. The maximum Gasteiger partial charge on any atom is 0.293 e.